The fourth-order valence-electron chi connectivity index (χ4n) is 1.37. The van der Waals surface area contributed by atoms with Gasteiger partial charge < -0.3 is 0 Å². The molecule has 0 fully saturated rings. The summed E-state index contributed by atoms with van der Waals surface area (Å²) in [6.07, 6.45) is 8.60. The minimum atomic E-state index is 0.609. The van der Waals surface area contributed by atoms with E-state index < -0.39 is 0 Å². The maximum Gasteiger partial charge on any atom is -0.0216 e. The summed E-state index contributed by atoms with van der Waals surface area (Å²) < 4.78 is 0. The molecular formula is C12H20. The lowest BCUT2D eigenvalue weighted by Gasteiger charge is -2.11. The molecule has 0 aromatic carbocycles. The van der Waals surface area contributed by atoms with Gasteiger partial charge in [-0.25, -0.2) is 0 Å². The van der Waals surface area contributed by atoms with Gasteiger partial charge in [0.1, 0.15) is 0 Å². The molecule has 0 atom stereocenters. The summed E-state index contributed by atoms with van der Waals surface area (Å²) in [5, 5.41) is 0. The molecule has 0 aromatic heterocycles. The van der Waals surface area contributed by atoms with Gasteiger partial charge >= 0.3 is 0 Å². The molecule has 0 rings (SSSR count). The summed E-state index contributed by atoms with van der Waals surface area (Å²) in [4.78, 5) is 0. The zero-order chi connectivity index (χ0) is 9.56. The molecule has 0 amide bonds. The van der Waals surface area contributed by atoms with Crippen molar-refractivity contribution in [2.75, 3.05) is 0 Å². The summed E-state index contributed by atoms with van der Waals surface area (Å²) >= 11 is 0. The maximum absolute atomic E-state index is 2.22. The van der Waals surface area contributed by atoms with Gasteiger partial charge in [-0.05, 0) is 37.8 Å². The van der Waals surface area contributed by atoms with Crippen LogP contribution in [0.4, 0.5) is 0 Å². The van der Waals surface area contributed by atoms with Crippen molar-refractivity contribution in [3.63, 3.8) is 0 Å². The smallest absolute Gasteiger partial charge is 0.0216 e. The summed E-state index contributed by atoms with van der Waals surface area (Å²) in [5.74, 6) is 0.609. The predicted molar refractivity (Wildman–Crippen MR) is 57.2 cm³/mol. The molecule has 0 heteroatoms. The van der Waals surface area contributed by atoms with Crippen LogP contribution in [0.2, 0.25) is 0 Å². The van der Waals surface area contributed by atoms with Crippen molar-refractivity contribution in [3.8, 4) is 0 Å². The molecule has 0 aromatic rings. The lowest BCUT2D eigenvalue weighted by molar-refractivity contribution is 0.780. The van der Waals surface area contributed by atoms with Gasteiger partial charge in [0.25, 0.3) is 0 Å². The third-order valence-electron chi connectivity index (χ3n) is 1.92. The van der Waals surface area contributed by atoms with E-state index in [1.54, 1.807) is 0 Å². The molecular weight excluding hydrogens is 144 g/mol. The van der Waals surface area contributed by atoms with E-state index in [0.717, 1.165) is 0 Å². The Morgan fingerprint density at radius 1 is 1.00 bits per heavy atom. The Labute approximate surface area is 76.7 Å². The number of hydrogen-bond donors (Lipinski definition) is 0. The number of hydrogen-bond acceptors (Lipinski definition) is 0. The van der Waals surface area contributed by atoms with Crippen LogP contribution in [-0.2, 0) is 0 Å². The van der Waals surface area contributed by atoms with Gasteiger partial charge in [-0.15, -0.1) is 0 Å². The fraction of sp³-hybridized carbons (Fsp3) is 0.500. The van der Waals surface area contributed by atoms with Crippen molar-refractivity contribution in [1.29, 1.82) is 0 Å². The Morgan fingerprint density at radius 3 is 1.83 bits per heavy atom. The summed E-state index contributed by atoms with van der Waals surface area (Å²) in [6.45, 7) is 10.7. The van der Waals surface area contributed by atoms with Gasteiger partial charge in [-0.1, -0.05) is 38.2 Å². The Hall–Kier alpha value is -0.780. The highest BCUT2D eigenvalue weighted by Crippen LogP contribution is 2.20. The van der Waals surface area contributed by atoms with Crippen molar-refractivity contribution in [2.45, 2.75) is 34.6 Å². The molecule has 0 bridgehead atoms. The van der Waals surface area contributed by atoms with E-state index in [1.165, 1.54) is 11.1 Å². The molecule has 0 nitrogen and oxygen atoms in total. The van der Waals surface area contributed by atoms with Gasteiger partial charge in [0.2, 0.25) is 0 Å². The van der Waals surface area contributed by atoms with Gasteiger partial charge in [0.15, 0.2) is 0 Å². The average molecular weight is 164 g/mol. The van der Waals surface area contributed by atoms with Crippen LogP contribution in [0, 0.1) is 5.92 Å². The van der Waals surface area contributed by atoms with E-state index in [9.17, 15) is 0 Å². The lowest BCUT2D eigenvalue weighted by Crippen LogP contribution is -1.95. The van der Waals surface area contributed by atoms with E-state index in [0.29, 0.717) is 5.92 Å². The highest BCUT2D eigenvalue weighted by molar-refractivity contribution is 5.39. The zero-order valence-electron chi connectivity index (χ0n) is 8.89. The quantitative estimate of drug-likeness (QED) is 0.551. The minimum absolute atomic E-state index is 0.609. The van der Waals surface area contributed by atoms with Crippen LogP contribution in [-0.4, -0.2) is 0 Å². The van der Waals surface area contributed by atoms with E-state index in [2.05, 4.69) is 58.9 Å². The molecule has 0 spiro atoms. The zero-order valence-corrected chi connectivity index (χ0v) is 8.89. The van der Waals surface area contributed by atoms with E-state index >= 15 is 0 Å². The summed E-state index contributed by atoms with van der Waals surface area (Å²) in [6, 6.07) is 0. The number of rotatable bonds is 3. The van der Waals surface area contributed by atoms with E-state index in [1.807, 2.05) is 0 Å². The Bertz CT molecular complexity index is 202. The Balaban J connectivity index is 4.72. The van der Waals surface area contributed by atoms with Crippen molar-refractivity contribution in [3.05, 3.63) is 35.5 Å². The SMILES string of the molecule is C\C=C/C(=C\C)C(=C/C)/C(C)C. The van der Waals surface area contributed by atoms with Crippen molar-refractivity contribution in [2.24, 2.45) is 5.92 Å². The molecule has 0 radical (unpaired) electrons. The molecule has 0 aliphatic carbocycles. The summed E-state index contributed by atoms with van der Waals surface area (Å²) in [5.41, 5.74) is 2.77. The van der Waals surface area contributed by atoms with Crippen LogP contribution in [0.15, 0.2) is 35.5 Å². The van der Waals surface area contributed by atoms with Gasteiger partial charge in [0, 0.05) is 0 Å². The molecule has 68 valence electrons. The Morgan fingerprint density at radius 2 is 1.58 bits per heavy atom. The largest absolute Gasteiger partial charge is 0.0871 e. The summed E-state index contributed by atoms with van der Waals surface area (Å²) in [7, 11) is 0. The van der Waals surface area contributed by atoms with Gasteiger partial charge in [0.05, 0.1) is 0 Å². The lowest BCUT2D eigenvalue weighted by atomic mass is 9.94. The first-order chi connectivity index (χ1) is 5.67. The topological polar surface area (TPSA) is 0 Å². The molecule has 0 saturated carbocycles. The normalized spacial score (nSPS) is 14.8. The Kier molecular flexibility index (Phi) is 5.44. The molecule has 0 saturated heterocycles. The van der Waals surface area contributed by atoms with Crippen molar-refractivity contribution >= 4 is 0 Å². The standard InChI is InChI=1S/C12H20/c1-6-9-11(7-2)12(8-3)10(4)5/h6-10H,1-5H3/b9-6-,11-7+,12-8+. The first kappa shape index (κ1) is 11.2. The third kappa shape index (κ3) is 3.08. The predicted octanol–water partition coefficient (Wildman–Crippen LogP) is 4.11. The van der Waals surface area contributed by atoms with Gasteiger partial charge in [-0.3, -0.25) is 0 Å². The average Bonchev–Trinajstić information content (AvgIpc) is 2.03. The second-order valence-corrected chi connectivity index (χ2v) is 3.14. The number of allylic oxidation sites excluding steroid dienone is 6. The molecule has 0 unspecified atom stereocenters. The maximum atomic E-state index is 2.22. The second kappa shape index (κ2) is 5.82. The van der Waals surface area contributed by atoms with Gasteiger partial charge in [-0.2, -0.15) is 0 Å². The second-order valence-electron chi connectivity index (χ2n) is 3.14. The van der Waals surface area contributed by atoms with Crippen LogP contribution in [0.1, 0.15) is 34.6 Å². The van der Waals surface area contributed by atoms with Crippen molar-refractivity contribution < 1.29 is 0 Å². The molecule has 12 heavy (non-hydrogen) atoms. The molecule has 0 aliphatic heterocycles. The van der Waals surface area contributed by atoms with Crippen molar-refractivity contribution in [1.82, 2.24) is 0 Å². The van der Waals surface area contributed by atoms with E-state index in [-0.39, 0.29) is 0 Å². The van der Waals surface area contributed by atoms with Crippen LogP contribution in [0.5, 0.6) is 0 Å². The van der Waals surface area contributed by atoms with Crippen LogP contribution in [0.25, 0.3) is 0 Å². The highest BCUT2D eigenvalue weighted by atomic mass is 14.1. The first-order valence-electron chi connectivity index (χ1n) is 4.62. The van der Waals surface area contributed by atoms with Crippen LogP contribution < -0.4 is 0 Å². The molecule has 0 N–H and O–H groups in total. The molecule has 0 heterocycles. The monoisotopic (exact) mass is 164 g/mol. The third-order valence-corrected chi connectivity index (χ3v) is 1.92. The highest BCUT2D eigenvalue weighted by Gasteiger charge is 2.03. The van der Waals surface area contributed by atoms with Crippen LogP contribution in [0.3, 0.4) is 0 Å². The van der Waals surface area contributed by atoms with Crippen LogP contribution >= 0.6 is 0 Å². The molecule has 0 aliphatic rings. The fourth-order valence-corrected chi connectivity index (χ4v) is 1.37. The minimum Gasteiger partial charge on any atom is -0.0871 e. The first-order valence-corrected chi connectivity index (χ1v) is 4.62. The van der Waals surface area contributed by atoms with E-state index in [4.69, 9.17) is 0 Å².